The summed E-state index contributed by atoms with van der Waals surface area (Å²) >= 11 is 0. The summed E-state index contributed by atoms with van der Waals surface area (Å²) in [6.07, 6.45) is 0.220. The van der Waals surface area contributed by atoms with E-state index in [2.05, 4.69) is 5.32 Å². The Kier molecular flexibility index (Phi) is 7.97. The fourth-order valence-corrected chi connectivity index (χ4v) is 6.06. The van der Waals surface area contributed by atoms with Gasteiger partial charge in [0, 0.05) is 19.0 Å². The Hall–Kier alpha value is -3.98. The van der Waals surface area contributed by atoms with Crippen LogP contribution in [-0.2, 0) is 32.6 Å². The molecule has 8 nitrogen and oxygen atoms in total. The van der Waals surface area contributed by atoms with Crippen LogP contribution in [0.2, 0.25) is 0 Å². The van der Waals surface area contributed by atoms with Crippen LogP contribution in [-0.4, -0.2) is 54.0 Å². The van der Waals surface area contributed by atoms with Gasteiger partial charge < -0.3 is 10.2 Å². The van der Waals surface area contributed by atoms with Crippen molar-refractivity contribution in [2.24, 2.45) is 0 Å². The first kappa shape index (κ1) is 27.1. The molecule has 0 aromatic heterocycles. The van der Waals surface area contributed by atoms with E-state index in [0.717, 1.165) is 16.7 Å². The quantitative estimate of drug-likeness (QED) is 0.455. The third-order valence-corrected chi connectivity index (χ3v) is 8.12. The Labute approximate surface area is 223 Å². The molecule has 3 aromatic rings. The zero-order valence-corrected chi connectivity index (χ0v) is 22.4. The molecule has 1 aliphatic heterocycles. The van der Waals surface area contributed by atoms with Crippen molar-refractivity contribution >= 4 is 27.7 Å². The van der Waals surface area contributed by atoms with Gasteiger partial charge in [-0.1, -0.05) is 72.3 Å². The minimum atomic E-state index is -4.19. The van der Waals surface area contributed by atoms with Gasteiger partial charge in [-0.05, 0) is 44.0 Å². The molecule has 3 aromatic carbocycles. The van der Waals surface area contributed by atoms with Crippen LogP contribution in [0.4, 0.5) is 0 Å². The van der Waals surface area contributed by atoms with Crippen molar-refractivity contribution < 1.29 is 22.8 Å². The van der Waals surface area contributed by atoms with Gasteiger partial charge in [-0.25, -0.2) is 12.7 Å². The second kappa shape index (κ2) is 11.2. The summed E-state index contributed by atoms with van der Waals surface area (Å²) in [4.78, 5) is 41.6. The lowest BCUT2D eigenvalue weighted by molar-refractivity contribution is -0.141. The Balaban J connectivity index is 1.72. The lowest BCUT2D eigenvalue weighted by Gasteiger charge is -2.33. The van der Waals surface area contributed by atoms with Gasteiger partial charge in [0.25, 0.3) is 15.9 Å². The molecule has 1 atom stereocenters. The molecule has 1 unspecified atom stereocenters. The second-order valence-corrected chi connectivity index (χ2v) is 11.5. The lowest BCUT2D eigenvalue weighted by atomic mass is 10.0. The molecule has 1 N–H and O–H groups in total. The van der Waals surface area contributed by atoms with Crippen LogP contribution in [0, 0.1) is 6.92 Å². The van der Waals surface area contributed by atoms with Gasteiger partial charge in [0.2, 0.25) is 11.8 Å². The van der Waals surface area contributed by atoms with E-state index in [0.29, 0.717) is 4.31 Å². The number of aryl methyl sites for hydroxylation is 1. The predicted molar refractivity (Wildman–Crippen MR) is 144 cm³/mol. The smallest absolute Gasteiger partial charge is 0.269 e. The number of carbonyl (C=O) groups is 3. The zero-order chi connectivity index (χ0) is 27.4. The van der Waals surface area contributed by atoms with Gasteiger partial charge in [-0.2, -0.15) is 0 Å². The van der Waals surface area contributed by atoms with E-state index in [1.165, 1.54) is 23.1 Å². The maximum Gasteiger partial charge on any atom is 0.269 e. The Morgan fingerprint density at radius 2 is 1.58 bits per heavy atom. The fraction of sp³-hybridized carbons (Fsp3) is 0.276. The van der Waals surface area contributed by atoms with Crippen molar-refractivity contribution in [3.63, 3.8) is 0 Å². The SMILES string of the molecule is Cc1cccc(CN(C(=O)CN2C(=O)c3ccccc3S2(=O)=O)C(Cc2ccccc2)C(=O)NC(C)C)c1. The standard InChI is InChI=1S/C29H31N3O5S/c1-20(2)30-28(34)25(17-22-11-5-4-6-12-22)31(18-23-13-9-10-21(3)16-23)27(33)19-32-29(35)24-14-7-8-15-26(24)38(32,36)37/h4-16,20,25H,17-19H2,1-3H3,(H,30,34). The molecule has 198 valence electrons. The van der Waals surface area contributed by atoms with E-state index < -0.39 is 34.4 Å². The molecule has 1 aliphatic rings. The molecule has 0 saturated carbocycles. The van der Waals surface area contributed by atoms with Gasteiger partial charge >= 0.3 is 0 Å². The number of sulfonamides is 1. The highest BCUT2D eigenvalue weighted by Crippen LogP contribution is 2.30. The van der Waals surface area contributed by atoms with Crippen LogP contribution >= 0.6 is 0 Å². The van der Waals surface area contributed by atoms with Crippen molar-refractivity contribution in [1.29, 1.82) is 0 Å². The van der Waals surface area contributed by atoms with Crippen molar-refractivity contribution in [2.75, 3.05) is 6.54 Å². The average molecular weight is 534 g/mol. The Morgan fingerprint density at radius 3 is 2.24 bits per heavy atom. The number of fused-ring (bicyclic) bond motifs is 1. The van der Waals surface area contributed by atoms with Crippen LogP contribution < -0.4 is 5.32 Å². The summed E-state index contributed by atoms with van der Waals surface area (Å²) in [6.45, 7) is 4.95. The molecule has 0 saturated heterocycles. The van der Waals surface area contributed by atoms with Crippen LogP contribution in [0.5, 0.6) is 0 Å². The summed E-state index contributed by atoms with van der Waals surface area (Å²) in [5.41, 5.74) is 2.64. The number of amides is 3. The Bertz CT molecular complexity index is 1450. The second-order valence-electron chi connectivity index (χ2n) is 9.69. The first-order chi connectivity index (χ1) is 18.1. The molecular weight excluding hydrogens is 502 g/mol. The zero-order valence-electron chi connectivity index (χ0n) is 21.6. The summed E-state index contributed by atoms with van der Waals surface area (Å²) < 4.78 is 26.9. The van der Waals surface area contributed by atoms with Crippen LogP contribution in [0.3, 0.4) is 0 Å². The number of hydrogen-bond acceptors (Lipinski definition) is 5. The third-order valence-electron chi connectivity index (χ3n) is 6.33. The van der Waals surface area contributed by atoms with E-state index in [1.54, 1.807) is 6.07 Å². The van der Waals surface area contributed by atoms with Gasteiger partial charge in [-0.3, -0.25) is 14.4 Å². The van der Waals surface area contributed by atoms with Crippen molar-refractivity contribution in [3.05, 3.63) is 101 Å². The fourth-order valence-electron chi connectivity index (χ4n) is 4.54. The number of carbonyl (C=O) groups excluding carboxylic acids is 3. The summed E-state index contributed by atoms with van der Waals surface area (Å²) in [5.74, 6) is -1.75. The highest BCUT2D eigenvalue weighted by Gasteiger charge is 2.43. The van der Waals surface area contributed by atoms with Crippen LogP contribution in [0.1, 0.15) is 40.9 Å². The van der Waals surface area contributed by atoms with E-state index in [4.69, 9.17) is 0 Å². The molecular formula is C29H31N3O5S. The van der Waals surface area contributed by atoms with Crippen molar-refractivity contribution in [2.45, 2.75) is 50.7 Å². The third kappa shape index (κ3) is 5.78. The molecule has 1 heterocycles. The molecule has 38 heavy (non-hydrogen) atoms. The number of nitrogens with zero attached hydrogens (tertiary/aromatic N) is 2. The van der Waals surface area contributed by atoms with Crippen molar-refractivity contribution in [1.82, 2.24) is 14.5 Å². The predicted octanol–water partition coefficient (Wildman–Crippen LogP) is 3.30. The van der Waals surface area contributed by atoms with E-state index >= 15 is 0 Å². The summed E-state index contributed by atoms with van der Waals surface area (Å²) in [5, 5.41) is 2.90. The van der Waals surface area contributed by atoms with Crippen LogP contribution in [0.25, 0.3) is 0 Å². The van der Waals surface area contributed by atoms with E-state index in [9.17, 15) is 22.8 Å². The lowest BCUT2D eigenvalue weighted by Crippen LogP contribution is -2.54. The first-order valence-electron chi connectivity index (χ1n) is 12.4. The first-order valence-corrected chi connectivity index (χ1v) is 13.9. The average Bonchev–Trinajstić information content (AvgIpc) is 3.07. The molecule has 4 rings (SSSR count). The minimum Gasteiger partial charge on any atom is -0.352 e. The van der Waals surface area contributed by atoms with E-state index in [1.807, 2.05) is 75.4 Å². The van der Waals surface area contributed by atoms with Gasteiger partial charge in [0.15, 0.2) is 0 Å². The molecule has 0 radical (unpaired) electrons. The minimum absolute atomic E-state index is 0.0314. The molecule has 9 heteroatoms. The monoisotopic (exact) mass is 533 g/mol. The van der Waals surface area contributed by atoms with Gasteiger partial charge in [0.1, 0.15) is 17.5 Å². The number of benzene rings is 3. The molecule has 0 spiro atoms. The maximum absolute atomic E-state index is 13.9. The highest BCUT2D eigenvalue weighted by molar-refractivity contribution is 7.90. The van der Waals surface area contributed by atoms with Gasteiger partial charge in [0.05, 0.1) is 5.56 Å². The Morgan fingerprint density at radius 1 is 0.921 bits per heavy atom. The van der Waals surface area contributed by atoms with Crippen LogP contribution in [0.15, 0.2) is 83.8 Å². The molecule has 0 fully saturated rings. The highest BCUT2D eigenvalue weighted by atomic mass is 32.2. The molecule has 0 bridgehead atoms. The van der Waals surface area contributed by atoms with E-state index in [-0.39, 0.29) is 35.4 Å². The number of hydrogen-bond donors (Lipinski definition) is 1. The summed E-state index contributed by atoms with van der Waals surface area (Å²) in [7, 11) is -4.19. The topological polar surface area (TPSA) is 104 Å². The molecule has 0 aliphatic carbocycles. The molecule has 3 amide bonds. The number of rotatable bonds is 9. The summed E-state index contributed by atoms with van der Waals surface area (Å²) in [6, 6.07) is 21.6. The number of nitrogens with one attached hydrogen (secondary N) is 1. The normalized spacial score (nSPS) is 14.7. The maximum atomic E-state index is 13.9. The van der Waals surface area contributed by atoms with Gasteiger partial charge in [-0.15, -0.1) is 0 Å². The van der Waals surface area contributed by atoms with Crippen molar-refractivity contribution in [3.8, 4) is 0 Å². The largest absolute Gasteiger partial charge is 0.352 e.